The van der Waals surface area contributed by atoms with Crippen molar-refractivity contribution in [3.63, 3.8) is 0 Å². The number of aliphatic hydroxyl groups is 1. The van der Waals surface area contributed by atoms with Crippen LogP contribution in [-0.2, 0) is 10.0 Å². The monoisotopic (exact) mass is 571 g/mol. The van der Waals surface area contributed by atoms with Crippen molar-refractivity contribution in [2.75, 3.05) is 13.1 Å². The summed E-state index contributed by atoms with van der Waals surface area (Å²) in [6.07, 6.45) is 11.7. The second-order valence-electron chi connectivity index (χ2n) is 9.81. The molecule has 1 aromatic rings. The molecule has 1 heterocycles. The molecule has 32 heavy (non-hydrogen) atoms. The van der Waals surface area contributed by atoms with Gasteiger partial charge in [0.25, 0.3) is 0 Å². The maximum atomic E-state index is 13.0. The molecule has 0 radical (unpaired) electrons. The second kappa shape index (κ2) is 13.5. The van der Waals surface area contributed by atoms with E-state index < -0.39 is 34.5 Å². The van der Waals surface area contributed by atoms with Gasteiger partial charge in [0, 0.05) is 0 Å². The van der Waals surface area contributed by atoms with E-state index in [1.165, 1.54) is 60.6 Å². The normalized spacial score (nSPS) is 20.4. The van der Waals surface area contributed by atoms with Crippen molar-refractivity contribution in [1.82, 2.24) is 4.31 Å². The van der Waals surface area contributed by atoms with Gasteiger partial charge in [0.15, 0.2) is 0 Å². The first kappa shape index (κ1) is 27.9. The van der Waals surface area contributed by atoms with E-state index in [1.807, 2.05) is 19.1 Å². The molecule has 0 unspecified atom stereocenters. The molecule has 2 atom stereocenters. The van der Waals surface area contributed by atoms with Gasteiger partial charge in [-0.1, -0.05) is 0 Å². The van der Waals surface area contributed by atoms with Crippen LogP contribution in [-0.4, -0.2) is 55.4 Å². The van der Waals surface area contributed by atoms with Crippen LogP contribution in [0, 0.1) is 12.8 Å². The fourth-order valence-corrected chi connectivity index (χ4v) is 21.5. The standard InChI is InChI=1S/C14H18NO3S.3C4H9.Sn/c1-3-4-12-9-15(10-14(12)16)19(17,18)13-7-5-11(2)6-8-13;3*1-3-4-2;/h3-8,12,14,16H,1,9-10H2,2H3;3*1,3-4H2,2H3;/b4-3-;;;;/t12-,14+;;;;/m0..../s1. The van der Waals surface area contributed by atoms with Gasteiger partial charge in [-0.25, -0.2) is 0 Å². The zero-order valence-corrected chi connectivity index (χ0v) is 24.4. The average molecular weight is 570 g/mol. The Bertz CT molecular complexity index is 785. The Labute approximate surface area is 201 Å². The Hall–Kier alpha value is -0.371. The van der Waals surface area contributed by atoms with Crippen LogP contribution in [0.15, 0.2) is 41.3 Å². The molecule has 2 rings (SSSR count). The van der Waals surface area contributed by atoms with Crippen LogP contribution in [0.5, 0.6) is 0 Å². The van der Waals surface area contributed by atoms with Crippen molar-refractivity contribution in [2.24, 2.45) is 5.92 Å². The molecule has 4 nitrogen and oxygen atoms in total. The fraction of sp³-hybridized carbons (Fsp3) is 0.692. The third-order valence-corrected chi connectivity index (χ3v) is 24.2. The molecule has 0 aliphatic carbocycles. The number of aryl methyl sites for hydroxylation is 1. The fourth-order valence-electron chi connectivity index (χ4n) is 4.85. The molecule has 0 saturated carbocycles. The molecule has 1 aliphatic rings. The van der Waals surface area contributed by atoms with Gasteiger partial charge in [-0.05, 0) is 0 Å². The van der Waals surface area contributed by atoms with Crippen LogP contribution >= 0.6 is 0 Å². The van der Waals surface area contributed by atoms with E-state index in [9.17, 15) is 13.5 Å². The Morgan fingerprint density at radius 2 is 1.50 bits per heavy atom. The predicted octanol–water partition coefficient (Wildman–Crippen LogP) is 6.38. The van der Waals surface area contributed by atoms with Gasteiger partial charge in [-0.3, -0.25) is 0 Å². The summed E-state index contributed by atoms with van der Waals surface area (Å²) in [6.45, 7) is 9.39. The Morgan fingerprint density at radius 1 is 0.969 bits per heavy atom. The number of benzene rings is 1. The minimum atomic E-state index is -3.56. The summed E-state index contributed by atoms with van der Waals surface area (Å²) in [5, 5.41) is 10.6. The van der Waals surface area contributed by atoms with E-state index in [2.05, 4.69) is 32.9 Å². The molecule has 182 valence electrons. The van der Waals surface area contributed by atoms with Crippen LogP contribution in [0.1, 0.15) is 64.9 Å². The van der Waals surface area contributed by atoms with Gasteiger partial charge in [0.05, 0.1) is 0 Å². The Morgan fingerprint density at radius 3 is 2.00 bits per heavy atom. The number of β-amino-alcohol motifs (C(OH)–C–C–N with tert-alkyl or cyclic N) is 1. The van der Waals surface area contributed by atoms with Crippen LogP contribution < -0.4 is 0 Å². The molecule has 1 saturated heterocycles. The van der Waals surface area contributed by atoms with Gasteiger partial charge >= 0.3 is 202 Å². The van der Waals surface area contributed by atoms with E-state index in [0.717, 1.165) is 5.56 Å². The first-order valence-corrected chi connectivity index (χ1v) is 22.2. The Kier molecular flexibility index (Phi) is 11.8. The molecular weight excluding hydrogens is 525 g/mol. The second-order valence-corrected chi connectivity index (χ2v) is 25.8. The summed E-state index contributed by atoms with van der Waals surface area (Å²) in [7, 11) is -3.56. The van der Waals surface area contributed by atoms with Crippen molar-refractivity contribution in [3.05, 3.63) is 42.0 Å². The summed E-state index contributed by atoms with van der Waals surface area (Å²) >= 11 is -2.24. The quantitative estimate of drug-likeness (QED) is 0.209. The van der Waals surface area contributed by atoms with Gasteiger partial charge in [-0.15, -0.1) is 0 Å². The van der Waals surface area contributed by atoms with E-state index in [-0.39, 0.29) is 12.5 Å². The zero-order valence-electron chi connectivity index (χ0n) is 20.7. The van der Waals surface area contributed by atoms with E-state index in [0.29, 0.717) is 11.4 Å². The van der Waals surface area contributed by atoms with Crippen molar-refractivity contribution in [1.29, 1.82) is 0 Å². The van der Waals surface area contributed by atoms with Crippen LogP contribution in [0.4, 0.5) is 0 Å². The molecule has 0 amide bonds. The minimum absolute atomic E-state index is 0.109. The molecule has 0 aromatic heterocycles. The number of allylic oxidation sites excluding steroid dienone is 1. The summed E-state index contributed by atoms with van der Waals surface area (Å²) in [4.78, 5) is 0.314. The third-order valence-electron chi connectivity index (χ3n) is 7.07. The number of rotatable bonds is 14. The van der Waals surface area contributed by atoms with Crippen molar-refractivity contribution >= 4 is 28.4 Å². The zero-order chi connectivity index (χ0) is 23.6. The third kappa shape index (κ3) is 7.85. The molecule has 1 fully saturated rings. The van der Waals surface area contributed by atoms with Gasteiger partial charge in [-0.2, -0.15) is 0 Å². The molecule has 6 heteroatoms. The number of aliphatic hydroxyl groups excluding tert-OH is 1. The van der Waals surface area contributed by atoms with E-state index in [4.69, 9.17) is 0 Å². The number of hydrogen-bond acceptors (Lipinski definition) is 3. The van der Waals surface area contributed by atoms with E-state index >= 15 is 0 Å². The van der Waals surface area contributed by atoms with Crippen molar-refractivity contribution < 1.29 is 13.5 Å². The van der Waals surface area contributed by atoms with Crippen molar-refractivity contribution in [3.8, 4) is 0 Å². The molecule has 1 aromatic carbocycles. The molecule has 0 bridgehead atoms. The van der Waals surface area contributed by atoms with Gasteiger partial charge < -0.3 is 0 Å². The number of sulfonamides is 1. The van der Waals surface area contributed by atoms with Crippen LogP contribution in [0.3, 0.4) is 0 Å². The first-order chi connectivity index (χ1) is 15.3. The summed E-state index contributed by atoms with van der Waals surface area (Å²) < 4.78 is 33.2. The van der Waals surface area contributed by atoms with Crippen LogP contribution in [0.2, 0.25) is 17.7 Å². The summed E-state index contributed by atoms with van der Waals surface area (Å²) in [5.41, 5.74) is 1.04. The molecule has 0 spiro atoms. The first-order valence-electron chi connectivity index (χ1n) is 12.7. The van der Waals surface area contributed by atoms with Gasteiger partial charge in [0.2, 0.25) is 0 Å². The number of unbranched alkanes of at least 4 members (excludes halogenated alkanes) is 3. The number of hydrogen-bond donors (Lipinski definition) is 1. The van der Waals surface area contributed by atoms with E-state index in [1.54, 1.807) is 12.1 Å². The van der Waals surface area contributed by atoms with Gasteiger partial charge in [0.1, 0.15) is 0 Å². The average Bonchev–Trinajstić information content (AvgIpc) is 3.16. The number of nitrogens with zero attached hydrogens (tertiary/aromatic N) is 1. The molecule has 1 aliphatic heterocycles. The SMILES string of the molecule is CCC[CH2][Sn]([CH2]/C=C\[C@H]1CN(S(=O)(=O)c2ccc(C)cc2)C[C@H]1O)([CH2]CCC)[CH2]CCC. The molecular formula is C26H45NO3SSn. The molecule has 1 N–H and O–H groups in total. The van der Waals surface area contributed by atoms with Crippen molar-refractivity contribution in [2.45, 2.75) is 95.0 Å². The summed E-state index contributed by atoms with van der Waals surface area (Å²) in [6, 6.07) is 6.98. The predicted molar refractivity (Wildman–Crippen MR) is 138 cm³/mol. The summed E-state index contributed by atoms with van der Waals surface area (Å²) in [5.74, 6) is -0.109. The van der Waals surface area contributed by atoms with Crippen LogP contribution in [0.25, 0.3) is 0 Å². The topological polar surface area (TPSA) is 57.6 Å². The maximum absolute atomic E-state index is 13.0. The Balaban J connectivity index is 2.08.